The van der Waals surface area contributed by atoms with Gasteiger partial charge in [0.05, 0.1) is 0 Å². The predicted octanol–water partition coefficient (Wildman–Crippen LogP) is 10.7. The van der Waals surface area contributed by atoms with Gasteiger partial charge in [-0.2, -0.15) is 0 Å². The van der Waals surface area contributed by atoms with Gasteiger partial charge in [0, 0.05) is 10.0 Å². The minimum atomic E-state index is -0.402. The molecule has 0 bridgehead atoms. The van der Waals surface area contributed by atoms with Crippen molar-refractivity contribution in [2.45, 2.75) is 116 Å². The molecule has 0 aromatic heterocycles. The van der Waals surface area contributed by atoms with E-state index in [2.05, 4.69) is 62.4 Å². The third-order valence-corrected chi connectivity index (χ3v) is 10.0. The SMILES string of the molecule is CCCCCCCCCCCCCCC(CCC)P(c1ccc(Cl)cc1)c1ccc(Cl)cc1. The summed E-state index contributed by atoms with van der Waals surface area (Å²) >= 11 is 12.4. The molecule has 2 rings (SSSR count). The Hall–Kier alpha value is -0.550. The molecule has 0 saturated heterocycles. The van der Waals surface area contributed by atoms with E-state index in [1.54, 1.807) is 0 Å². The van der Waals surface area contributed by atoms with Gasteiger partial charge >= 0.3 is 0 Å². The highest BCUT2D eigenvalue weighted by molar-refractivity contribution is 7.73. The Morgan fingerprint density at radius 1 is 0.515 bits per heavy atom. The molecule has 0 aliphatic rings. The summed E-state index contributed by atoms with van der Waals surface area (Å²) in [5.41, 5.74) is 0.718. The number of hydrogen-bond donors (Lipinski definition) is 0. The van der Waals surface area contributed by atoms with Crippen LogP contribution in [-0.2, 0) is 0 Å². The van der Waals surface area contributed by atoms with Gasteiger partial charge in [0.15, 0.2) is 0 Å². The molecule has 0 radical (unpaired) electrons. The largest absolute Gasteiger partial charge is 0.0843 e. The maximum Gasteiger partial charge on any atom is 0.0406 e. The summed E-state index contributed by atoms with van der Waals surface area (Å²) in [5.74, 6) is 0. The van der Waals surface area contributed by atoms with Crippen LogP contribution in [0.5, 0.6) is 0 Å². The molecular weight excluding hydrogens is 462 g/mol. The first-order chi connectivity index (χ1) is 16.2. The van der Waals surface area contributed by atoms with Gasteiger partial charge in [0.25, 0.3) is 0 Å². The number of hydrogen-bond acceptors (Lipinski definition) is 0. The van der Waals surface area contributed by atoms with E-state index in [-0.39, 0.29) is 0 Å². The van der Waals surface area contributed by atoms with E-state index < -0.39 is 7.92 Å². The van der Waals surface area contributed by atoms with Crippen LogP contribution in [0.15, 0.2) is 48.5 Å². The van der Waals surface area contributed by atoms with Gasteiger partial charge < -0.3 is 0 Å². The first kappa shape index (κ1) is 28.7. The van der Waals surface area contributed by atoms with Crippen LogP contribution in [0, 0.1) is 0 Å². The highest BCUT2D eigenvalue weighted by atomic mass is 35.5. The molecule has 0 nitrogen and oxygen atoms in total. The molecule has 0 saturated carbocycles. The minimum Gasteiger partial charge on any atom is -0.0843 e. The van der Waals surface area contributed by atoms with Crippen LogP contribution in [0.3, 0.4) is 0 Å². The Kier molecular flexibility index (Phi) is 15.5. The fourth-order valence-corrected chi connectivity index (χ4v) is 8.02. The normalized spacial score (nSPS) is 12.4. The standard InChI is InChI=1S/C30H45Cl2P/c1-3-5-6-7-8-9-10-11-12-13-14-15-17-28(16-4-2)33(29-22-18-26(31)19-23-29)30-24-20-27(32)21-25-30/h18-25,28H,3-17H2,1-2H3. The molecule has 2 aromatic rings. The van der Waals surface area contributed by atoms with E-state index in [0.29, 0.717) is 0 Å². The van der Waals surface area contributed by atoms with Gasteiger partial charge in [-0.1, -0.05) is 145 Å². The zero-order valence-corrected chi connectivity index (χ0v) is 23.4. The number of unbranched alkanes of at least 4 members (excludes halogenated alkanes) is 11. The van der Waals surface area contributed by atoms with Crippen molar-refractivity contribution in [3.8, 4) is 0 Å². The lowest BCUT2D eigenvalue weighted by molar-refractivity contribution is 0.533. The molecule has 0 N–H and O–H groups in total. The van der Waals surface area contributed by atoms with Crippen molar-refractivity contribution in [1.82, 2.24) is 0 Å². The Morgan fingerprint density at radius 2 is 0.909 bits per heavy atom. The lowest BCUT2D eigenvalue weighted by Gasteiger charge is -2.29. The van der Waals surface area contributed by atoms with Gasteiger partial charge in [-0.3, -0.25) is 0 Å². The molecule has 184 valence electrons. The highest BCUT2D eigenvalue weighted by Gasteiger charge is 2.24. The second-order valence-corrected chi connectivity index (χ2v) is 12.8. The molecule has 0 aliphatic carbocycles. The van der Waals surface area contributed by atoms with Crippen LogP contribution in [0.25, 0.3) is 0 Å². The molecule has 0 fully saturated rings. The molecule has 33 heavy (non-hydrogen) atoms. The van der Waals surface area contributed by atoms with Gasteiger partial charge in [-0.15, -0.1) is 0 Å². The zero-order chi connectivity index (χ0) is 23.7. The minimum absolute atomic E-state index is 0.402. The third kappa shape index (κ3) is 11.6. The van der Waals surface area contributed by atoms with Gasteiger partial charge in [0.1, 0.15) is 0 Å². The second-order valence-electron chi connectivity index (χ2n) is 9.44. The van der Waals surface area contributed by atoms with Crippen LogP contribution in [0.1, 0.15) is 110 Å². The fraction of sp³-hybridized carbons (Fsp3) is 0.600. The van der Waals surface area contributed by atoms with Crippen molar-refractivity contribution >= 4 is 41.7 Å². The molecule has 1 atom stereocenters. The van der Waals surface area contributed by atoms with Crippen molar-refractivity contribution in [1.29, 1.82) is 0 Å². The van der Waals surface area contributed by atoms with Crippen LogP contribution in [-0.4, -0.2) is 5.66 Å². The zero-order valence-electron chi connectivity index (χ0n) is 21.0. The van der Waals surface area contributed by atoms with E-state index in [9.17, 15) is 0 Å². The Labute approximate surface area is 215 Å². The van der Waals surface area contributed by atoms with Crippen molar-refractivity contribution in [2.75, 3.05) is 0 Å². The van der Waals surface area contributed by atoms with Crippen molar-refractivity contribution in [2.24, 2.45) is 0 Å². The summed E-state index contributed by atoms with van der Waals surface area (Å²) < 4.78 is 0. The molecular formula is C30H45Cl2P. The average Bonchev–Trinajstić information content (AvgIpc) is 2.82. The second kappa shape index (κ2) is 17.8. The van der Waals surface area contributed by atoms with Crippen molar-refractivity contribution in [3.05, 3.63) is 58.6 Å². The van der Waals surface area contributed by atoms with Crippen LogP contribution in [0.4, 0.5) is 0 Å². The van der Waals surface area contributed by atoms with Gasteiger partial charge in [-0.25, -0.2) is 0 Å². The average molecular weight is 508 g/mol. The maximum absolute atomic E-state index is 6.21. The summed E-state index contributed by atoms with van der Waals surface area (Å²) in [5, 5.41) is 4.51. The van der Waals surface area contributed by atoms with Crippen molar-refractivity contribution < 1.29 is 0 Å². The predicted molar refractivity (Wildman–Crippen MR) is 153 cm³/mol. The quantitative estimate of drug-likeness (QED) is 0.139. The smallest absolute Gasteiger partial charge is 0.0406 e. The Bertz CT molecular complexity index is 680. The molecule has 3 heteroatoms. The number of rotatable bonds is 18. The molecule has 0 aliphatic heterocycles. The molecule has 1 unspecified atom stereocenters. The molecule has 0 spiro atoms. The summed E-state index contributed by atoms with van der Waals surface area (Å²) in [6, 6.07) is 17.2. The lowest BCUT2D eigenvalue weighted by atomic mass is 10.0. The van der Waals surface area contributed by atoms with Crippen LogP contribution in [0.2, 0.25) is 10.0 Å². The van der Waals surface area contributed by atoms with Crippen LogP contribution >= 0.6 is 31.1 Å². The van der Waals surface area contributed by atoms with E-state index in [1.165, 1.54) is 107 Å². The Morgan fingerprint density at radius 3 is 1.30 bits per heavy atom. The fourth-order valence-electron chi connectivity index (χ4n) is 4.73. The lowest BCUT2D eigenvalue weighted by Crippen LogP contribution is -2.22. The van der Waals surface area contributed by atoms with E-state index in [0.717, 1.165) is 15.7 Å². The van der Waals surface area contributed by atoms with Crippen molar-refractivity contribution in [3.63, 3.8) is 0 Å². The third-order valence-electron chi connectivity index (χ3n) is 6.59. The van der Waals surface area contributed by atoms with Gasteiger partial charge in [-0.05, 0) is 61.3 Å². The summed E-state index contributed by atoms with van der Waals surface area (Å²) in [4.78, 5) is 0. The van der Waals surface area contributed by atoms with Gasteiger partial charge in [0.2, 0.25) is 0 Å². The monoisotopic (exact) mass is 506 g/mol. The molecule has 0 heterocycles. The first-order valence-electron chi connectivity index (χ1n) is 13.5. The summed E-state index contributed by atoms with van der Waals surface area (Å²) in [6.45, 7) is 4.62. The number of halogens is 2. The Balaban J connectivity index is 1.82. The first-order valence-corrected chi connectivity index (χ1v) is 15.6. The van der Waals surface area contributed by atoms with Crippen LogP contribution < -0.4 is 10.6 Å². The maximum atomic E-state index is 6.21. The summed E-state index contributed by atoms with van der Waals surface area (Å²) in [7, 11) is -0.402. The topological polar surface area (TPSA) is 0 Å². The van der Waals surface area contributed by atoms with E-state index >= 15 is 0 Å². The highest BCUT2D eigenvalue weighted by Crippen LogP contribution is 2.44. The van der Waals surface area contributed by atoms with E-state index in [4.69, 9.17) is 23.2 Å². The molecule has 2 aromatic carbocycles. The summed E-state index contributed by atoms with van der Waals surface area (Å²) in [6.07, 6.45) is 20.8. The van der Waals surface area contributed by atoms with E-state index in [1.807, 2.05) is 0 Å². The molecule has 0 amide bonds. The number of benzene rings is 2.